The summed E-state index contributed by atoms with van der Waals surface area (Å²) < 4.78 is 5.14. The molecule has 0 bridgehead atoms. The second-order valence-electron chi connectivity index (χ2n) is 5.24. The van der Waals surface area contributed by atoms with Crippen molar-refractivity contribution in [2.75, 3.05) is 30.8 Å². The standard InChI is InChI=1S/C13H19N3O2/c1-18-12-5-3-10(14)13(15-12)16-6-8-2-4-11(17)9(8)7-16/h3,5,8-9,11,17H,2,4,6-7,14H2,1H3. The number of aromatic nitrogens is 1. The molecular formula is C13H19N3O2. The van der Waals surface area contributed by atoms with Crippen LogP contribution in [0.4, 0.5) is 11.5 Å². The summed E-state index contributed by atoms with van der Waals surface area (Å²) in [5.74, 6) is 2.32. The van der Waals surface area contributed by atoms with E-state index < -0.39 is 0 Å². The minimum atomic E-state index is -0.160. The average molecular weight is 249 g/mol. The highest BCUT2D eigenvalue weighted by Crippen LogP contribution is 2.40. The van der Waals surface area contributed by atoms with E-state index in [0.29, 0.717) is 23.4 Å². The SMILES string of the molecule is COc1ccc(N)c(N2CC3CCC(O)C3C2)n1. The molecule has 1 saturated heterocycles. The first-order valence-electron chi connectivity index (χ1n) is 6.42. The molecule has 1 aliphatic heterocycles. The highest BCUT2D eigenvalue weighted by Gasteiger charge is 2.42. The van der Waals surface area contributed by atoms with Crippen molar-refractivity contribution < 1.29 is 9.84 Å². The van der Waals surface area contributed by atoms with Crippen LogP contribution in [0.1, 0.15) is 12.8 Å². The molecule has 98 valence electrons. The predicted molar refractivity (Wildman–Crippen MR) is 69.6 cm³/mol. The largest absolute Gasteiger partial charge is 0.481 e. The molecule has 1 aliphatic carbocycles. The van der Waals surface area contributed by atoms with Gasteiger partial charge in [-0.15, -0.1) is 0 Å². The molecule has 2 aliphatic rings. The molecule has 0 radical (unpaired) electrons. The Labute approximate surface area is 107 Å². The van der Waals surface area contributed by atoms with Gasteiger partial charge in [0.05, 0.1) is 18.9 Å². The topological polar surface area (TPSA) is 71.6 Å². The Morgan fingerprint density at radius 1 is 1.39 bits per heavy atom. The number of hydrogen-bond donors (Lipinski definition) is 2. The number of ether oxygens (including phenoxy) is 1. The number of aliphatic hydroxyl groups is 1. The summed E-state index contributed by atoms with van der Waals surface area (Å²) in [7, 11) is 1.60. The number of rotatable bonds is 2. The number of methoxy groups -OCH3 is 1. The van der Waals surface area contributed by atoms with Crippen LogP contribution in [0.3, 0.4) is 0 Å². The fourth-order valence-electron chi connectivity index (χ4n) is 3.22. The Morgan fingerprint density at radius 3 is 2.94 bits per heavy atom. The fraction of sp³-hybridized carbons (Fsp3) is 0.615. The van der Waals surface area contributed by atoms with Crippen LogP contribution in [-0.4, -0.2) is 36.4 Å². The van der Waals surface area contributed by atoms with Crippen molar-refractivity contribution in [1.29, 1.82) is 0 Å². The Morgan fingerprint density at radius 2 is 2.22 bits per heavy atom. The zero-order valence-electron chi connectivity index (χ0n) is 10.5. The van der Waals surface area contributed by atoms with E-state index in [-0.39, 0.29) is 6.10 Å². The summed E-state index contributed by atoms with van der Waals surface area (Å²) in [6, 6.07) is 3.59. The predicted octanol–water partition coefficient (Wildman–Crippen LogP) is 0.879. The Hall–Kier alpha value is -1.49. The van der Waals surface area contributed by atoms with Gasteiger partial charge in [0, 0.05) is 25.1 Å². The number of hydrogen-bond acceptors (Lipinski definition) is 5. The van der Waals surface area contributed by atoms with Gasteiger partial charge in [0.1, 0.15) is 0 Å². The van der Waals surface area contributed by atoms with E-state index in [0.717, 1.165) is 31.7 Å². The first kappa shape index (κ1) is 11.6. The molecule has 0 spiro atoms. The quantitative estimate of drug-likeness (QED) is 0.814. The van der Waals surface area contributed by atoms with E-state index in [1.807, 2.05) is 6.07 Å². The van der Waals surface area contributed by atoms with E-state index in [2.05, 4.69) is 9.88 Å². The van der Waals surface area contributed by atoms with Crippen molar-refractivity contribution >= 4 is 11.5 Å². The molecule has 0 aromatic carbocycles. The zero-order chi connectivity index (χ0) is 12.7. The van der Waals surface area contributed by atoms with Crippen LogP contribution in [0.5, 0.6) is 5.88 Å². The highest BCUT2D eigenvalue weighted by molar-refractivity contribution is 5.64. The van der Waals surface area contributed by atoms with Crippen LogP contribution in [0.25, 0.3) is 0 Å². The highest BCUT2D eigenvalue weighted by atomic mass is 16.5. The minimum Gasteiger partial charge on any atom is -0.481 e. The molecule has 2 fully saturated rings. The van der Waals surface area contributed by atoms with E-state index in [4.69, 9.17) is 10.5 Å². The molecule has 1 saturated carbocycles. The van der Waals surface area contributed by atoms with E-state index in [1.165, 1.54) is 0 Å². The van der Waals surface area contributed by atoms with Gasteiger partial charge in [-0.05, 0) is 24.8 Å². The molecule has 0 amide bonds. The second kappa shape index (κ2) is 4.31. The van der Waals surface area contributed by atoms with Crippen molar-refractivity contribution in [2.45, 2.75) is 18.9 Å². The number of nitrogens with two attached hydrogens (primary N) is 1. The number of nitrogen functional groups attached to an aromatic ring is 1. The van der Waals surface area contributed by atoms with Gasteiger partial charge >= 0.3 is 0 Å². The molecule has 3 unspecified atom stereocenters. The summed E-state index contributed by atoms with van der Waals surface area (Å²) >= 11 is 0. The molecule has 5 nitrogen and oxygen atoms in total. The van der Waals surface area contributed by atoms with Crippen molar-refractivity contribution in [1.82, 2.24) is 4.98 Å². The van der Waals surface area contributed by atoms with Crippen LogP contribution in [0.2, 0.25) is 0 Å². The molecule has 2 heterocycles. The third kappa shape index (κ3) is 1.79. The molecule has 3 rings (SSSR count). The number of nitrogens with zero attached hydrogens (tertiary/aromatic N) is 2. The number of anilines is 2. The van der Waals surface area contributed by atoms with Gasteiger partial charge in [-0.1, -0.05) is 0 Å². The lowest BCUT2D eigenvalue weighted by Crippen LogP contribution is -2.26. The normalized spacial score (nSPS) is 30.6. The lowest BCUT2D eigenvalue weighted by Gasteiger charge is -2.21. The smallest absolute Gasteiger partial charge is 0.215 e. The van der Waals surface area contributed by atoms with Gasteiger partial charge in [-0.3, -0.25) is 0 Å². The Bertz CT molecular complexity index is 452. The number of pyridine rings is 1. The van der Waals surface area contributed by atoms with Crippen LogP contribution in [-0.2, 0) is 0 Å². The van der Waals surface area contributed by atoms with Crippen molar-refractivity contribution in [3.05, 3.63) is 12.1 Å². The fourth-order valence-corrected chi connectivity index (χ4v) is 3.22. The van der Waals surface area contributed by atoms with Gasteiger partial charge < -0.3 is 20.5 Å². The van der Waals surface area contributed by atoms with Gasteiger partial charge in [-0.2, -0.15) is 4.98 Å². The molecule has 1 aromatic rings. The van der Waals surface area contributed by atoms with Gasteiger partial charge in [0.2, 0.25) is 5.88 Å². The average Bonchev–Trinajstić information content (AvgIpc) is 2.93. The number of fused-ring (bicyclic) bond motifs is 1. The van der Waals surface area contributed by atoms with Crippen molar-refractivity contribution in [2.24, 2.45) is 11.8 Å². The first-order chi connectivity index (χ1) is 8.69. The van der Waals surface area contributed by atoms with Crippen LogP contribution < -0.4 is 15.4 Å². The van der Waals surface area contributed by atoms with Crippen LogP contribution in [0.15, 0.2) is 12.1 Å². The lowest BCUT2D eigenvalue weighted by atomic mass is 10.00. The monoisotopic (exact) mass is 249 g/mol. The van der Waals surface area contributed by atoms with Crippen molar-refractivity contribution in [3.63, 3.8) is 0 Å². The summed E-state index contributed by atoms with van der Waals surface area (Å²) in [4.78, 5) is 6.60. The molecule has 5 heteroatoms. The summed E-state index contributed by atoms with van der Waals surface area (Å²) in [6.45, 7) is 1.78. The maximum atomic E-state index is 9.93. The molecule has 18 heavy (non-hydrogen) atoms. The lowest BCUT2D eigenvalue weighted by molar-refractivity contribution is 0.133. The summed E-state index contributed by atoms with van der Waals surface area (Å²) in [6.07, 6.45) is 1.88. The molecular weight excluding hydrogens is 230 g/mol. The van der Waals surface area contributed by atoms with Crippen LogP contribution in [0, 0.1) is 11.8 Å². The van der Waals surface area contributed by atoms with E-state index in [1.54, 1.807) is 13.2 Å². The van der Waals surface area contributed by atoms with Crippen molar-refractivity contribution in [3.8, 4) is 5.88 Å². The number of aliphatic hydroxyl groups excluding tert-OH is 1. The third-order valence-corrected chi connectivity index (χ3v) is 4.21. The maximum Gasteiger partial charge on any atom is 0.215 e. The van der Waals surface area contributed by atoms with Gasteiger partial charge in [0.25, 0.3) is 0 Å². The second-order valence-corrected chi connectivity index (χ2v) is 5.24. The van der Waals surface area contributed by atoms with Gasteiger partial charge in [0.15, 0.2) is 5.82 Å². The first-order valence-corrected chi connectivity index (χ1v) is 6.42. The Balaban J connectivity index is 1.84. The molecule has 3 N–H and O–H groups in total. The molecule has 3 atom stereocenters. The van der Waals surface area contributed by atoms with Crippen LogP contribution >= 0.6 is 0 Å². The zero-order valence-corrected chi connectivity index (χ0v) is 10.5. The third-order valence-electron chi connectivity index (χ3n) is 4.21. The van der Waals surface area contributed by atoms with E-state index >= 15 is 0 Å². The summed E-state index contributed by atoms with van der Waals surface area (Å²) in [5.41, 5.74) is 6.66. The maximum absolute atomic E-state index is 9.93. The minimum absolute atomic E-state index is 0.160. The van der Waals surface area contributed by atoms with Gasteiger partial charge in [-0.25, -0.2) is 0 Å². The summed E-state index contributed by atoms with van der Waals surface area (Å²) in [5, 5.41) is 9.93. The Kier molecular flexibility index (Phi) is 2.78. The molecule has 1 aromatic heterocycles. The van der Waals surface area contributed by atoms with E-state index in [9.17, 15) is 5.11 Å².